The summed E-state index contributed by atoms with van der Waals surface area (Å²) in [5.74, 6) is 1.44. The van der Waals surface area contributed by atoms with Gasteiger partial charge in [-0.2, -0.15) is 0 Å². The van der Waals surface area contributed by atoms with Crippen molar-refractivity contribution in [3.8, 4) is 17.2 Å². The minimum Gasteiger partial charge on any atom is -0.493 e. The molecule has 1 N–H and O–H groups in total. The molecular formula is C23H22ClN3O5S. The number of benzene rings is 3. The number of H-pyrrole nitrogens is 1. The van der Waals surface area contributed by atoms with Crippen molar-refractivity contribution >= 4 is 38.3 Å². The third kappa shape index (κ3) is 4.29. The van der Waals surface area contributed by atoms with Crippen LogP contribution in [0.15, 0.2) is 65.6 Å². The number of rotatable bonds is 8. The quantitative estimate of drug-likeness (QED) is 0.389. The molecule has 172 valence electrons. The lowest BCUT2D eigenvalue weighted by Crippen LogP contribution is -2.31. The normalized spacial score (nSPS) is 11.4. The number of ether oxygens (including phenoxy) is 3. The highest BCUT2D eigenvalue weighted by atomic mass is 35.5. The zero-order valence-corrected chi connectivity index (χ0v) is 19.8. The number of nitrogens with zero attached hydrogens (tertiary/aromatic N) is 2. The molecule has 4 rings (SSSR count). The zero-order chi connectivity index (χ0) is 23.6. The van der Waals surface area contributed by atoms with Crippen LogP contribution in [-0.2, 0) is 16.6 Å². The number of sulfonamides is 1. The first-order valence-corrected chi connectivity index (χ1v) is 11.7. The van der Waals surface area contributed by atoms with E-state index in [4.69, 9.17) is 25.8 Å². The van der Waals surface area contributed by atoms with Crippen LogP contribution in [0.3, 0.4) is 0 Å². The number of aromatic amines is 1. The van der Waals surface area contributed by atoms with Gasteiger partial charge in [0.1, 0.15) is 10.7 Å². The minimum absolute atomic E-state index is 0.0310. The van der Waals surface area contributed by atoms with E-state index in [2.05, 4.69) is 9.97 Å². The van der Waals surface area contributed by atoms with Gasteiger partial charge in [0, 0.05) is 12.1 Å². The van der Waals surface area contributed by atoms with Crippen molar-refractivity contribution in [2.75, 3.05) is 25.6 Å². The fraction of sp³-hybridized carbons (Fsp3) is 0.174. The molecule has 0 fully saturated rings. The Balaban J connectivity index is 1.90. The number of aromatic nitrogens is 2. The van der Waals surface area contributed by atoms with Gasteiger partial charge < -0.3 is 19.2 Å². The van der Waals surface area contributed by atoms with E-state index in [0.717, 1.165) is 11.0 Å². The standard InChI is InChI=1S/C23H22ClN3O5S/c1-30-19-12-15(13-20(31-2)23(19)32-3)27(33(28,29)21-11-7-4-8-16(21)24)14-22-25-17-9-5-6-10-18(17)26-22/h4-13H,14H2,1-3H3,(H,25,26). The molecule has 10 heteroatoms. The van der Waals surface area contributed by atoms with Gasteiger partial charge in [0.2, 0.25) is 5.75 Å². The van der Waals surface area contributed by atoms with Gasteiger partial charge in [-0.15, -0.1) is 0 Å². The van der Waals surface area contributed by atoms with Crippen LogP contribution in [0.5, 0.6) is 17.2 Å². The lowest BCUT2D eigenvalue weighted by Gasteiger charge is -2.25. The first kappa shape index (κ1) is 22.8. The van der Waals surface area contributed by atoms with E-state index in [1.54, 1.807) is 24.3 Å². The van der Waals surface area contributed by atoms with Gasteiger partial charge in [-0.3, -0.25) is 4.31 Å². The Bertz CT molecular complexity index is 1350. The van der Waals surface area contributed by atoms with Gasteiger partial charge in [-0.1, -0.05) is 35.9 Å². The van der Waals surface area contributed by atoms with Gasteiger partial charge >= 0.3 is 0 Å². The molecule has 0 aliphatic heterocycles. The van der Waals surface area contributed by atoms with Crippen molar-refractivity contribution in [3.63, 3.8) is 0 Å². The largest absolute Gasteiger partial charge is 0.493 e. The number of hydrogen-bond donors (Lipinski definition) is 1. The number of methoxy groups -OCH3 is 3. The van der Waals surface area contributed by atoms with E-state index in [1.807, 2.05) is 24.3 Å². The maximum absolute atomic E-state index is 13.8. The van der Waals surface area contributed by atoms with E-state index >= 15 is 0 Å². The SMILES string of the molecule is COc1cc(N(Cc2nc3ccccc3[nH]2)S(=O)(=O)c2ccccc2Cl)cc(OC)c1OC. The van der Waals surface area contributed by atoms with Crippen LogP contribution in [0.1, 0.15) is 5.82 Å². The molecule has 0 saturated heterocycles. The molecule has 0 aliphatic carbocycles. The van der Waals surface area contributed by atoms with E-state index in [-0.39, 0.29) is 16.5 Å². The van der Waals surface area contributed by atoms with E-state index in [9.17, 15) is 8.42 Å². The summed E-state index contributed by atoms with van der Waals surface area (Å²) < 4.78 is 45.1. The Kier molecular flexibility index (Phi) is 6.35. The molecule has 3 aromatic carbocycles. The number of nitrogens with one attached hydrogen (secondary N) is 1. The summed E-state index contributed by atoms with van der Waals surface area (Å²) in [7, 11) is 0.309. The summed E-state index contributed by atoms with van der Waals surface area (Å²) in [6.45, 7) is -0.0825. The third-order valence-corrected chi connectivity index (χ3v) is 7.35. The van der Waals surface area contributed by atoms with Gasteiger partial charge in [0.15, 0.2) is 11.5 Å². The van der Waals surface area contributed by atoms with Crippen LogP contribution in [0.2, 0.25) is 5.02 Å². The highest BCUT2D eigenvalue weighted by molar-refractivity contribution is 7.93. The highest BCUT2D eigenvalue weighted by Crippen LogP contribution is 2.42. The maximum Gasteiger partial charge on any atom is 0.266 e. The fourth-order valence-corrected chi connectivity index (χ4v) is 5.42. The average Bonchev–Trinajstić information content (AvgIpc) is 3.24. The summed E-state index contributed by atoms with van der Waals surface area (Å²) in [5, 5.41) is 0.111. The van der Waals surface area contributed by atoms with Gasteiger partial charge in [-0.25, -0.2) is 13.4 Å². The number of halogens is 1. The second kappa shape index (κ2) is 9.21. The average molecular weight is 488 g/mol. The first-order valence-electron chi connectivity index (χ1n) is 9.90. The van der Waals surface area contributed by atoms with Crippen LogP contribution < -0.4 is 18.5 Å². The second-order valence-corrected chi connectivity index (χ2v) is 9.26. The number of hydrogen-bond acceptors (Lipinski definition) is 6. The Morgan fingerprint density at radius 3 is 2.18 bits per heavy atom. The molecule has 4 aromatic rings. The molecule has 0 atom stereocenters. The highest BCUT2D eigenvalue weighted by Gasteiger charge is 2.30. The molecule has 1 aromatic heterocycles. The smallest absolute Gasteiger partial charge is 0.266 e. The number of imidazole rings is 1. The Hall–Kier alpha value is -3.43. The van der Waals surface area contributed by atoms with Crippen molar-refractivity contribution in [3.05, 3.63) is 71.5 Å². The van der Waals surface area contributed by atoms with E-state index < -0.39 is 10.0 Å². The minimum atomic E-state index is -4.10. The van der Waals surface area contributed by atoms with Crippen LogP contribution in [0.4, 0.5) is 5.69 Å². The molecular weight excluding hydrogens is 466 g/mol. The predicted octanol–water partition coefficient (Wildman–Crippen LogP) is 4.64. The summed E-state index contributed by atoms with van der Waals surface area (Å²) >= 11 is 6.27. The van der Waals surface area contributed by atoms with Gasteiger partial charge in [0.25, 0.3) is 10.0 Å². The summed E-state index contributed by atoms with van der Waals surface area (Å²) in [6, 6.07) is 16.9. The second-order valence-electron chi connectivity index (χ2n) is 7.03. The molecule has 0 unspecified atom stereocenters. The van der Waals surface area contributed by atoms with Gasteiger partial charge in [-0.05, 0) is 24.3 Å². The lowest BCUT2D eigenvalue weighted by atomic mass is 10.2. The molecule has 0 radical (unpaired) electrons. The molecule has 0 spiro atoms. The lowest BCUT2D eigenvalue weighted by molar-refractivity contribution is 0.324. The summed E-state index contributed by atoms with van der Waals surface area (Å²) in [5.41, 5.74) is 1.82. The summed E-state index contributed by atoms with van der Waals surface area (Å²) in [4.78, 5) is 7.69. The molecule has 0 aliphatic rings. The van der Waals surface area contributed by atoms with Crippen molar-refractivity contribution in [2.45, 2.75) is 11.4 Å². The monoisotopic (exact) mass is 487 g/mol. The van der Waals surface area contributed by atoms with Crippen LogP contribution >= 0.6 is 11.6 Å². The van der Waals surface area contributed by atoms with E-state index in [0.29, 0.717) is 28.8 Å². The van der Waals surface area contributed by atoms with Crippen molar-refractivity contribution in [1.82, 2.24) is 9.97 Å². The van der Waals surface area contributed by atoms with Crippen LogP contribution in [-0.4, -0.2) is 39.7 Å². The molecule has 0 amide bonds. The number of anilines is 1. The Morgan fingerprint density at radius 2 is 1.58 bits per heavy atom. The maximum atomic E-state index is 13.8. The molecule has 1 heterocycles. The Morgan fingerprint density at radius 1 is 0.939 bits per heavy atom. The third-order valence-electron chi connectivity index (χ3n) is 5.07. The number of fused-ring (bicyclic) bond motifs is 1. The fourth-order valence-electron chi connectivity index (χ4n) is 3.52. The summed E-state index contributed by atoms with van der Waals surface area (Å²) in [6.07, 6.45) is 0. The van der Waals surface area contributed by atoms with Crippen molar-refractivity contribution in [2.24, 2.45) is 0 Å². The molecule has 8 nitrogen and oxygen atoms in total. The predicted molar refractivity (Wildman–Crippen MR) is 127 cm³/mol. The zero-order valence-electron chi connectivity index (χ0n) is 18.2. The molecule has 0 bridgehead atoms. The topological polar surface area (TPSA) is 93.8 Å². The van der Waals surface area contributed by atoms with Gasteiger partial charge in [0.05, 0.1) is 49.6 Å². The van der Waals surface area contributed by atoms with Crippen molar-refractivity contribution < 1.29 is 22.6 Å². The number of para-hydroxylation sites is 2. The van der Waals surface area contributed by atoms with Crippen LogP contribution in [0.25, 0.3) is 11.0 Å². The Labute approximate surface area is 196 Å². The molecule has 33 heavy (non-hydrogen) atoms. The first-order chi connectivity index (χ1) is 15.9. The van der Waals surface area contributed by atoms with E-state index in [1.165, 1.54) is 37.8 Å². The molecule has 0 saturated carbocycles. The van der Waals surface area contributed by atoms with Crippen molar-refractivity contribution in [1.29, 1.82) is 0 Å². The van der Waals surface area contributed by atoms with Crippen LogP contribution in [0, 0.1) is 0 Å².